The molecule has 21 heavy (non-hydrogen) atoms. The van der Waals surface area contributed by atoms with Crippen LogP contribution in [0.15, 0.2) is 52.3 Å². The molecule has 2 aromatic carbocycles. The molecule has 0 aliphatic carbocycles. The summed E-state index contributed by atoms with van der Waals surface area (Å²) in [5.74, 6) is 0.149. The third kappa shape index (κ3) is 2.94. The Morgan fingerprint density at radius 3 is 2.76 bits per heavy atom. The van der Waals surface area contributed by atoms with Crippen LogP contribution < -0.4 is 5.73 Å². The van der Waals surface area contributed by atoms with Gasteiger partial charge in [0.1, 0.15) is 0 Å². The predicted molar refractivity (Wildman–Crippen MR) is 87.4 cm³/mol. The lowest BCUT2D eigenvalue weighted by atomic mass is 10.1. The van der Waals surface area contributed by atoms with Crippen LogP contribution in [0.5, 0.6) is 0 Å². The SMILES string of the molecule is Cc1ccc(N)cc1S(=O)(=O)CC1Cc2ccccc2S1. The van der Waals surface area contributed by atoms with Gasteiger partial charge in [0.25, 0.3) is 0 Å². The first-order valence-corrected chi connectivity index (χ1v) is 9.32. The highest BCUT2D eigenvalue weighted by atomic mass is 32.2. The highest BCUT2D eigenvalue weighted by Gasteiger charge is 2.28. The fourth-order valence-electron chi connectivity index (χ4n) is 2.63. The number of nitrogen functional groups attached to an aromatic ring is 1. The van der Waals surface area contributed by atoms with Gasteiger partial charge < -0.3 is 5.73 Å². The third-order valence-corrected chi connectivity index (χ3v) is 7.15. The molecule has 2 N–H and O–H groups in total. The first-order chi connectivity index (χ1) is 9.95. The Bertz CT molecular complexity index is 760. The van der Waals surface area contributed by atoms with E-state index in [4.69, 9.17) is 5.73 Å². The van der Waals surface area contributed by atoms with Crippen molar-refractivity contribution in [1.29, 1.82) is 0 Å². The molecule has 0 fully saturated rings. The highest BCUT2D eigenvalue weighted by Crippen LogP contribution is 2.38. The Hall–Kier alpha value is -1.46. The van der Waals surface area contributed by atoms with E-state index in [1.165, 1.54) is 10.5 Å². The maximum atomic E-state index is 12.6. The zero-order chi connectivity index (χ0) is 15.0. The van der Waals surface area contributed by atoms with Crippen LogP contribution in [0, 0.1) is 6.92 Å². The molecule has 0 radical (unpaired) electrons. The minimum absolute atomic E-state index is 0.0771. The summed E-state index contributed by atoms with van der Waals surface area (Å²) in [6.07, 6.45) is 0.807. The molecule has 0 bridgehead atoms. The van der Waals surface area contributed by atoms with Crippen LogP contribution in [0.25, 0.3) is 0 Å². The van der Waals surface area contributed by atoms with E-state index in [2.05, 4.69) is 12.1 Å². The first-order valence-electron chi connectivity index (χ1n) is 6.79. The van der Waals surface area contributed by atoms with Crippen molar-refractivity contribution >= 4 is 27.3 Å². The Morgan fingerprint density at radius 1 is 1.24 bits per heavy atom. The van der Waals surface area contributed by atoms with Crippen molar-refractivity contribution in [3.63, 3.8) is 0 Å². The molecule has 5 heteroatoms. The number of hydrogen-bond acceptors (Lipinski definition) is 4. The Kier molecular flexibility index (Phi) is 3.71. The summed E-state index contributed by atoms with van der Waals surface area (Å²) >= 11 is 1.66. The molecule has 3 rings (SSSR count). The minimum atomic E-state index is -3.32. The number of fused-ring (bicyclic) bond motifs is 1. The second-order valence-electron chi connectivity index (χ2n) is 5.36. The molecule has 2 aromatic rings. The number of aryl methyl sites for hydroxylation is 1. The van der Waals surface area contributed by atoms with E-state index in [1.807, 2.05) is 19.1 Å². The summed E-state index contributed by atoms with van der Waals surface area (Å²) in [5.41, 5.74) is 8.22. The average Bonchev–Trinajstić information content (AvgIpc) is 2.82. The third-order valence-electron chi connectivity index (χ3n) is 3.67. The van der Waals surface area contributed by atoms with Crippen LogP contribution >= 0.6 is 11.8 Å². The largest absolute Gasteiger partial charge is 0.399 e. The van der Waals surface area contributed by atoms with E-state index in [-0.39, 0.29) is 11.0 Å². The van der Waals surface area contributed by atoms with E-state index < -0.39 is 9.84 Å². The van der Waals surface area contributed by atoms with Gasteiger partial charge in [-0.05, 0) is 42.7 Å². The molecule has 0 saturated heterocycles. The fraction of sp³-hybridized carbons (Fsp3) is 0.250. The van der Waals surface area contributed by atoms with Gasteiger partial charge in [0.05, 0.1) is 10.6 Å². The molecule has 0 aromatic heterocycles. The monoisotopic (exact) mass is 319 g/mol. The average molecular weight is 319 g/mol. The summed E-state index contributed by atoms with van der Waals surface area (Å²) in [6, 6.07) is 13.2. The van der Waals surface area contributed by atoms with E-state index >= 15 is 0 Å². The molecule has 0 spiro atoms. The second kappa shape index (κ2) is 5.39. The fourth-order valence-corrected chi connectivity index (χ4v) is 6.19. The summed E-state index contributed by atoms with van der Waals surface area (Å²) in [5, 5.41) is 0.0771. The molecule has 0 amide bonds. The first kappa shape index (κ1) is 14.5. The van der Waals surface area contributed by atoms with Crippen molar-refractivity contribution in [3.05, 3.63) is 53.6 Å². The maximum Gasteiger partial charge on any atom is 0.179 e. The summed E-state index contributed by atoms with van der Waals surface area (Å²) in [6.45, 7) is 1.81. The molecule has 1 aliphatic heterocycles. The number of nitrogens with two attached hydrogens (primary N) is 1. The van der Waals surface area contributed by atoms with Crippen molar-refractivity contribution in [2.75, 3.05) is 11.5 Å². The molecule has 3 nitrogen and oxygen atoms in total. The van der Waals surface area contributed by atoms with Crippen molar-refractivity contribution in [1.82, 2.24) is 0 Å². The van der Waals surface area contributed by atoms with Gasteiger partial charge in [-0.2, -0.15) is 0 Å². The standard InChI is InChI=1S/C16H17NO2S2/c1-11-6-7-13(17)9-16(11)21(18,19)10-14-8-12-4-2-3-5-15(12)20-14/h2-7,9,14H,8,10,17H2,1H3. The van der Waals surface area contributed by atoms with Gasteiger partial charge in [0.15, 0.2) is 9.84 Å². The van der Waals surface area contributed by atoms with Crippen LogP contribution in [0.4, 0.5) is 5.69 Å². The smallest absolute Gasteiger partial charge is 0.179 e. The normalized spacial score (nSPS) is 17.7. The minimum Gasteiger partial charge on any atom is -0.399 e. The van der Waals surface area contributed by atoms with Crippen LogP contribution in [0.3, 0.4) is 0 Å². The van der Waals surface area contributed by atoms with Crippen molar-refractivity contribution in [3.8, 4) is 0 Å². The predicted octanol–water partition coefficient (Wildman–Crippen LogP) is 3.07. The second-order valence-corrected chi connectivity index (χ2v) is 8.70. The van der Waals surface area contributed by atoms with E-state index in [0.717, 1.165) is 12.0 Å². The van der Waals surface area contributed by atoms with Gasteiger partial charge in [0.2, 0.25) is 0 Å². The summed E-state index contributed by atoms with van der Waals surface area (Å²) in [4.78, 5) is 1.56. The highest BCUT2D eigenvalue weighted by molar-refractivity contribution is 8.01. The number of rotatable bonds is 3. The van der Waals surface area contributed by atoms with Crippen molar-refractivity contribution < 1.29 is 8.42 Å². The number of anilines is 1. The van der Waals surface area contributed by atoms with Crippen LogP contribution in [0.2, 0.25) is 0 Å². The zero-order valence-corrected chi connectivity index (χ0v) is 13.4. The Balaban J connectivity index is 1.84. The lowest BCUT2D eigenvalue weighted by Crippen LogP contribution is -2.19. The molecule has 110 valence electrons. The van der Waals surface area contributed by atoms with Crippen LogP contribution in [-0.4, -0.2) is 19.4 Å². The van der Waals surface area contributed by atoms with E-state index in [9.17, 15) is 8.42 Å². The summed E-state index contributed by atoms with van der Waals surface area (Å²) < 4.78 is 25.3. The van der Waals surface area contributed by atoms with Crippen molar-refractivity contribution in [2.45, 2.75) is 28.4 Å². The molecular formula is C16H17NO2S2. The number of benzene rings is 2. The lowest BCUT2D eigenvalue weighted by molar-refractivity contribution is 0.593. The van der Waals surface area contributed by atoms with Crippen LogP contribution in [-0.2, 0) is 16.3 Å². The quantitative estimate of drug-likeness (QED) is 0.883. The van der Waals surface area contributed by atoms with Gasteiger partial charge in [0, 0.05) is 15.8 Å². The Labute approximate surface area is 129 Å². The zero-order valence-electron chi connectivity index (χ0n) is 11.7. The number of hydrogen-bond donors (Lipinski definition) is 1. The molecule has 1 aliphatic rings. The maximum absolute atomic E-state index is 12.6. The topological polar surface area (TPSA) is 60.2 Å². The van der Waals surface area contributed by atoms with Gasteiger partial charge in [-0.1, -0.05) is 24.3 Å². The number of thioether (sulfide) groups is 1. The molecule has 1 heterocycles. The van der Waals surface area contributed by atoms with Gasteiger partial charge in [-0.25, -0.2) is 8.42 Å². The molecule has 1 atom stereocenters. The van der Waals surface area contributed by atoms with E-state index in [1.54, 1.807) is 30.0 Å². The van der Waals surface area contributed by atoms with Gasteiger partial charge in [-0.15, -0.1) is 11.8 Å². The summed E-state index contributed by atoms with van der Waals surface area (Å²) in [7, 11) is -3.32. The molecular weight excluding hydrogens is 302 g/mol. The van der Waals surface area contributed by atoms with Crippen LogP contribution in [0.1, 0.15) is 11.1 Å². The van der Waals surface area contributed by atoms with Gasteiger partial charge >= 0.3 is 0 Å². The number of sulfone groups is 1. The molecule has 0 saturated carbocycles. The van der Waals surface area contributed by atoms with Gasteiger partial charge in [-0.3, -0.25) is 0 Å². The molecule has 1 unspecified atom stereocenters. The Morgan fingerprint density at radius 2 is 2.00 bits per heavy atom. The lowest BCUT2D eigenvalue weighted by Gasteiger charge is -2.12. The van der Waals surface area contributed by atoms with Crippen molar-refractivity contribution in [2.24, 2.45) is 0 Å². The van der Waals surface area contributed by atoms with E-state index in [0.29, 0.717) is 10.6 Å².